The highest BCUT2D eigenvalue weighted by molar-refractivity contribution is 6.00. The number of halogens is 1. The second kappa shape index (κ2) is 7.25. The number of rotatable bonds is 5. The van der Waals surface area contributed by atoms with Gasteiger partial charge in [0.05, 0.1) is 5.92 Å². The summed E-state index contributed by atoms with van der Waals surface area (Å²) in [6, 6.07) is 15.7. The van der Waals surface area contributed by atoms with Crippen LogP contribution in [0, 0.1) is 11.7 Å². The zero-order valence-electron chi connectivity index (χ0n) is 13.2. The topological polar surface area (TPSA) is 49.4 Å². The van der Waals surface area contributed by atoms with Gasteiger partial charge in [0.15, 0.2) is 0 Å². The monoisotopic (exact) mass is 326 g/mol. The highest BCUT2D eigenvalue weighted by Gasteiger charge is 2.34. The van der Waals surface area contributed by atoms with Crippen molar-refractivity contribution in [2.45, 2.75) is 12.8 Å². The van der Waals surface area contributed by atoms with Crippen molar-refractivity contribution in [3.63, 3.8) is 0 Å². The van der Waals surface area contributed by atoms with Crippen LogP contribution in [-0.2, 0) is 16.0 Å². The summed E-state index contributed by atoms with van der Waals surface area (Å²) in [5.41, 5.74) is 1.79. The van der Waals surface area contributed by atoms with Gasteiger partial charge in [0.2, 0.25) is 11.8 Å². The van der Waals surface area contributed by atoms with Crippen LogP contribution < -0.4 is 10.2 Å². The minimum atomic E-state index is -0.363. The van der Waals surface area contributed by atoms with Gasteiger partial charge in [-0.25, -0.2) is 4.39 Å². The van der Waals surface area contributed by atoms with E-state index >= 15 is 0 Å². The minimum Gasteiger partial charge on any atom is -0.355 e. The SMILES string of the molecule is O=C(NCCc1ccccc1)[C@H]1CC(=O)N(c2ccc(F)cc2)C1. The van der Waals surface area contributed by atoms with Crippen LogP contribution in [0.15, 0.2) is 54.6 Å². The summed E-state index contributed by atoms with van der Waals surface area (Å²) in [6.45, 7) is 0.881. The molecule has 1 saturated heterocycles. The molecule has 2 aromatic carbocycles. The van der Waals surface area contributed by atoms with Gasteiger partial charge in [-0.2, -0.15) is 0 Å². The molecule has 3 rings (SSSR count). The summed E-state index contributed by atoms with van der Waals surface area (Å²) in [5, 5.41) is 2.90. The Morgan fingerprint density at radius 1 is 1.12 bits per heavy atom. The fraction of sp³-hybridized carbons (Fsp3) is 0.263. The van der Waals surface area contributed by atoms with Crippen molar-refractivity contribution in [2.24, 2.45) is 5.92 Å². The van der Waals surface area contributed by atoms with Crippen LogP contribution in [-0.4, -0.2) is 24.9 Å². The van der Waals surface area contributed by atoms with E-state index in [1.54, 1.807) is 17.0 Å². The van der Waals surface area contributed by atoms with E-state index in [0.29, 0.717) is 18.8 Å². The lowest BCUT2D eigenvalue weighted by molar-refractivity contribution is -0.126. The summed E-state index contributed by atoms with van der Waals surface area (Å²) in [5.74, 6) is -0.923. The molecule has 0 bridgehead atoms. The predicted molar refractivity (Wildman–Crippen MR) is 90.0 cm³/mol. The predicted octanol–water partition coefficient (Wildman–Crippen LogP) is 2.54. The second-order valence-electron chi connectivity index (χ2n) is 5.91. The van der Waals surface area contributed by atoms with E-state index < -0.39 is 0 Å². The number of benzene rings is 2. The molecule has 2 amide bonds. The van der Waals surface area contributed by atoms with Gasteiger partial charge in [0, 0.05) is 25.2 Å². The van der Waals surface area contributed by atoms with Crippen LogP contribution in [0.2, 0.25) is 0 Å². The molecule has 5 heteroatoms. The maximum Gasteiger partial charge on any atom is 0.227 e. The summed E-state index contributed by atoms with van der Waals surface area (Å²) in [7, 11) is 0. The van der Waals surface area contributed by atoms with E-state index in [9.17, 15) is 14.0 Å². The number of nitrogens with zero attached hydrogens (tertiary/aromatic N) is 1. The first-order valence-corrected chi connectivity index (χ1v) is 8.01. The molecule has 4 nitrogen and oxygen atoms in total. The van der Waals surface area contributed by atoms with Gasteiger partial charge in [0.1, 0.15) is 5.82 Å². The lowest BCUT2D eigenvalue weighted by atomic mass is 10.1. The van der Waals surface area contributed by atoms with E-state index in [-0.39, 0.29) is 30.0 Å². The van der Waals surface area contributed by atoms with Gasteiger partial charge in [-0.3, -0.25) is 9.59 Å². The van der Waals surface area contributed by atoms with Gasteiger partial charge >= 0.3 is 0 Å². The highest BCUT2D eigenvalue weighted by atomic mass is 19.1. The van der Waals surface area contributed by atoms with Gasteiger partial charge in [0.25, 0.3) is 0 Å². The third kappa shape index (κ3) is 3.79. The second-order valence-corrected chi connectivity index (χ2v) is 5.91. The average molecular weight is 326 g/mol. The molecule has 1 N–H and O–H groups in total. The zero-order valence-corrected chi connectivity index (χ0v) is 13.2. The molecule has 0 spiro atoms. The van der Waals surface area contributed by atoms with Gasteiger partial charge in [-0.15, -0.1) is 0 Å². The van der Waals surface area contributed by atoms with Crippen LogP contribution in [0.25, 0.3) is 0 Å². The number of nitrogens with one attached hydrogen (secondary N) is 1. The molecule has 0 saturated carbocycles. The van der Waals surface area contributed by atoms with Gasteiger partial charge in [-0.05, 0) is 36.2 Å². The first-order valence-electron chi connectivity index (χ1n) is 8.01. The number of anilines is 1. The molecular formula is C19H19FN2O2. The summed E-state index contributed by atoms with van der Waals surface area (Å²) in [6.07, 6.45) is 0.948. The van der Waals surface area contributed by atoms with Crippen molar-refractivity contribution in [3.8, 4) is 0 Å². The zero-order chi connectivity index (χ0) is 16.9. The quantitative estimate of drug-likeness (QED) is 0.918. The number of hydrogen-bond donors (Lipinski definition) is 1. The molecule has 1 aliphatic rings. The summed E-state index contributed by atoms with van der Waals surface area (Å²) >= 11 is 0. The fourth-order valence-corrected chi connectivity index (χ4v) is 2.87. The Labute approximate surface area is 140 Å². The largest absolute Gasteiger partial charge is 0.355 e. The van der Waals surface area contributed by atoms with Crippen molar-refractivity contribution < 1.29 is 14.0 Å². The number of hydrogen-bond acceptors (Lipinski definition) is 2. The third-order valence-electron chi connectivity index (χ3n) is 4.19. The van der Waals surface area contributed by atoms with E-state index in [4.69, 9.17) is 0 Å². The standard InChI is InChI=1S/C19H19FN2O2/c20-16-6-8-17(9-7-16)22-13-15(12-18(22)23)19(24)21-11-10-14-4-2-1-3-5-14/h1-9,15H,10-13H2,(H,21,24)/t15-/m0/s1. The molecule has 0 aliphatic carbocycles. The molecule has 2 aromatic rings. The Hall–Kier alpha value is -2.69. The smallest absolute Gasteiger partial charge is 0.227 e. The normalized spacial score (nSPS) is 17.1. The Balaban J connectivity index is 1.53. The molecular weight excluding hydrogens is 307 g/mol. The first kappa shape index (κ1) is 16.2. The fourth-order valence-electron chi connectivity index (χ4n) is 2.87. The maximum atomic E-state index is 13.0. The van der Waals surface area contributed by atoms with Gasteiger partial charge < -0.3 is 10.2 Å². The van der Waals surface area contributed by atoms with Crippen LogP contribution in [0.4, 0.5) is 10.1 Å². The molecule has 1 fully saturated rings. The van der Waals surface area contributed by atoms with E-state index in [1.165, 1.54) is 12.1 Å². The van der Waals surface area contributed by atoms with Gasteiger partial charge in [-0.1, -0.05) is 30.3 Å². The van der Waals surface area contributed by atoms with Crippen molar-refractivity contribution in [1.29, 1.82) is 0 Å². The van der Waals surface area contributed by atoms with Crippen LogP contribution in [0.3, 0.4) is 0 Å². The lowest BCUT2D eigenvalue weighted by Gasteiger charge is -2.16. The Kier molecular flexibility index (Phi) is 4.89. The van der Waals surface area contributed by atoms with Crippen LogP contribution >= 0.6 is 0 Å². The van der Waals surface area contributed by atoms with Crippen molar-refractivity contribution >= 4 is 17.5 Å². The van der Waals surface area contributed by atoms with E-state index in [0.717, 1.165) is 12.0 Å². The number of carbonyl (C=O) groups excluding carboxylic acids is 2. The van der Waals surface area contributed by atoms with Crippen LogP contribution in [0.1, 0.15) is 12.0 Å². The third-order valence-corrected chi connectivity index (χ3v) is 4.19. The molecule has 0 aromatic heterocycles. The molecule has 0 radical (unpaired) electrons. The molecule has 24 heavy (non-hydrogen) atoms. The Bertz CT molecular complexity index is 716. The molecule has 1 aliphatic heterocycles. The lowest BCUT2D eigenvalue weighted by Crippen LogP contribution is -2.34. The van der Waals surface area contributed by atoms with E-state index in [1.807, 2.05) is 30.3 Å². The molecule has 1 atom stereocenters. The molecule has 0 unspecified atom stereocenters. The summed E-state index contributed by atoms with van der Waals surface area (Å²) in [4.78, 5) is 25.9. The minimum absolute atomic E-state index is 0.107. The Morgan fingerprint density at radius 2 is 1.83 bits per heavy atom. The van der Waals surface area contributed by atoms with Crippen molar-refractivity contribution in [2.75, 3.05) is 18.0 Å². The number of amides is 2. The van der Waals surface area contributed by atoms with Crippen LogP contribution in [0.5, 0.6) is 0 Å². The van der Waals surface area contributed by atoms with Crippen molar-refractivity contribution in [3.05, 3.63) is 66.0 Å². The number of carbonyl (C=O) groups is 2. The van der Waals surface area contributed by atoms with E-state index in [2.05, 4.69) is 5.32 Å². The Morgan fingerprint density at radius 3 is 2.54 bits per heavy atom. The average Bonchev–Trinajstić information content (AvgIpc) is 2.98. The molecule has 1 heterocycles. The maximum absolute atomic E-state index is 13.0. The van der Waals surface area contributed by atoms with Crippen molar-refractivity contribution in [1.82, 2.24) is 5.32 Å². The first-order chi connectivity index (χ1) is 11.6. The molecule has 124 valence electrons. The summed E-state index contributed by atoms with van der Waals surface area (Å²) < 4.78 is 13.0. The highest BCUT2D eigenvalue weighted by Crippen LogP contribution is 2.25.